The molecule has 5 rings (SSSR count). The second-order valence-corrected chi connectivity index (χ2v) is 9.01. The van der Waals surface area contributed by atoms with Crippen LogP contribution in [0.1, 0.15) is 83.5 Å². The zero-order chi connectivity index (χ0) is 20.1. The van der Waals surface area contributed by atoms with Crippen LogP contribution in [0.5, 0.6) is 0 Å². The summed E-state index contributed by atoms with van der Waals surface area (Å²) in [4.78, 5) is 45.6. The minimum absolute atomic E-state index is 0.0466. The van der Waals surface area contributed by atoms with Gasteiger partial charge < -0.3 is 14.8 Å². The van der Waals surface area contributed by atoms with Crippen LogP contribution in [0.25, 0.3) is 0 Å². The Bertz CT molecular complexity index is 913. The SMILES string of the molecule is Cc1c(C(=O)N2CC[C@H]3[C@@H]2CC(=O)N3CC2=CCCCC2)[nH]c2c1C(=O)CCC2. The highest BCUT2D eigenvalue weighted by Crippen LogP contribution is 2.36. The van der Waals surface area contributed by atoms with Crippen molar-refractivity contribution >= 4 is 17.6 Å². The largest absolute Gasteiger partial charge is 0.354 e. The van der Waals surface area contributed by atoms with Gasteiger partial charge in [0.1, 0.15) is 5.69 Å². The molecule has 2 aliphatic carbocycles. The molecule has 0 unspecified atom stereocenters. The summed E-state index contributed by atoms with van der Waals surface area (Å²) in [5.74, 6) is 0.256. The van der Waals surface area contributed by atoms with Crippen molar-refractivity contribution < 1.29 is 14.4 Å². The third-order valence-electron chi connectivity index (χ3n) is 7.28. The number of allylic oxidation sites excluding steroid dienone is 1. The van der Waals surface area contributed by atoms with Crippen LogP contribution in [-0.2, 0) is 11.2 Å². The maximum Gasteiger partial charge on any atom is 0.270 e. The molecule has 4 aliphatic rings. The molecular weight excluding hydrogens is 366 g/mol. The molecule has 0 saturated carbocycles. The summed E-state index contributed by atoms with van der Waals surface area (Å²) in [7, 11) is 0. The number of carbonyl (C=O) groups is 3. The molecule has 0 spiro atoms. The summed E-state index contributed by atoms with van der Waals surface area (Å²) >= 11 is 0. The van der Waals surface area contributed by atoms with Crippen LogP contribution < -0.4 is 0 Å². The van der Waals surface area contributed by atoms with Crippen LogP contribution in [0.4, 0.5) is 0 Å². The first kappa shape index (κ1) is 18.6. The highest BCUT2D eigenvalue weighted by Gasteiger charge is 2.49. The number of nitrogens with one attached hydrogen (secondary N) is 1. The van der Waals surface area contributed by atoms with Crippen LogP contribution in [-0.4, -0.2) is 57.6 Å². The molecule has 154 valence electrons. The molecule has 6 nitrogen and oxygen atoms in total. The van der Waals surface area contributed by atoms with Crippen molar-refractivity contribution in [1.82, 2.24) is 14.8 Å². The second-order valence-electron chi connectivity index (χ2n) is 9.01. The Balaban J connectivity index is 1.36. The number of hydrogen-bond acceptors (Lipinski definition) is 3. The van der Waals surface area contributed by atoms with Gasteiger partial charge in [-0.05, 0) is 57.4 Å². The molecule has 2 atom stereocenters. The van der Waals surface area contributed by atoms with E-state index in [1.54, 1.807) is 0 Å². The summed E-state index contributed by atoms with van der Waals surface area (Å²) in [6.07, 6.45) is 10.4. The average Bonchev–Trinajstić information content (AvgIpc) is 3.36. The average molecular weight is 396 g/mol. The summed E-state index contributed by atoms with van der Waals surface area (Å²) in [6.45, 7) is 3.28. The molecule has 0 aromatic carbocycles. The van der Waals surface area contributed by atoms with Crippen molar-refractivity contribution in [2.75, 3.05) is 13.1 Å². The van der Waals surface area contributed by atoms with Gasteiger partial charge in [-0.15, -0.1) is 0 Å². The van der Waals surface area contributed by atoms with E-state index in [0.29, 0.717) is 25.1 Å². The highest BCUT2D eigenvalue weighted by molar-refractivity contribution is 6.04. The number of fused-ring (bicyclic) bond motifs is 2. The third-order valence-corrected chi connectivity index (χ3v) is 7.28. The van der Waals surface area contributed by atoms with Crippen LogP contribution in [0.2, 0.25) is 0 Å². The van der Waals surface area contributed by atoms with Crippen molar-refractivity contribution in [1.29, 1.82) is 0 Å². The molecule has 1 aromatic heterocycles. The van der Waals surface area contributed by atoms with E-state index in [1.165, 1.54) is 18.4 Å². The van der Waals surface area contributed by atoms with Crippen molar-refractivity contribution in [3.63, 3.8) is 0 Å². The zero-order valence-corrected chi connectivity index (χ0v) is 17.1. The summed E-state index contributed by atoms with van der Waals surface area (Å²) in [6, 6.07) is 0.0791. The van der Waals surface area contributed by atoms with Gasteiger partial charge in [0, 0.05) is 37.2 Å². The number of carbonyl (C=O) groups excluding carboxylic acids is 3. The number of hydrogen-bond donors (Lipinski definition) is 1. The molecule has 2 fully saturated rings. The lowest BCUT2D eigenvalue weighted by molar-refractivity contribution is -0.128. The van der Waals surface area contributed by atoms with Gasteiger partial charge in [0.05, 0.1) is 12.1 Å². The first-order valence-corrected chi connectivity index (χ1v) is 11.1. The fourth-order valence-electron chi connectivity index (χ4n) is 5.78. The Kier molecular flexibility index (Phi) is 4.60. The number of H-pyrrole nitrogens is 1. The topological polar surface area (TPSA) is 73.5 Å². The standard InChI is InChI=1S/C23H29N3O3/c1-14-21-16(8-5-9-19(21)27)24-22(14)23(29)25-11-10-17-18(25)12-20(28)26(17)13-15-6-3-2-4-7-15/h6,17-18,24H,2-5,7-13H2,1H3/t17-,18-/m0/s1. The monoisotopic (exact) mass is 395 g/mol. The molecule has 0 radical (unpaired) electrons. The molecule has 2 aliphatic heterocycles. The first-order chi connectivity index (χ1) is 14.0. The fraction of sp³-hybridized carbons (Fsp3) is 0.609. The van der Waals surface area contributed by atoms with E-state index in [2.05, 4.69) is 11.1 Å². The van der Waals surface area contributed by atoms with E-state index in [0.717, 1.165) is 55.5 Å². The summed E-state index contributed by atoms with van der Waals surface area (Å²) in [5.41, 5.74) is 4.34. The lowest BCUT2D eigenvalue weighted by atomic mass is 9.93. The Labute approximate surface area is 171 Å². The third kappa shape index (κ3) is 3.04. The van der Waals surface area contributed by atoms with E-state index in [9.17, 15) is 14.4 Å². The molecule has 6 heteroatoms. The fourth-order valence-corrected chi connectivity index (χ4v) is 5.78. The number of Topliss-reactive ketones (excluding diaryl/α,β-unsaturated/α-hetero) is 1. The minimum Gasteiger partial charge on any atom is -0.354 e. The molecule has 1 N–H and O–H groups in total. The van der Waals surface area contributed by atoms with Crippen molar-refractivity contribution in [3.8, 4) is 0 Å². The lowest BCUT2D eigenvalue weighted by Crippen LogP contribution is -2.40. The quantitative estimate of drug-likeness (QED) is 0.799. The van der Waals surface area contributed by atoms with Crippen LogP contribution in [0.3, 0.4) is 0 Å². The van der Waals surface area contributed by atoms with Gasteiger partial charge in [-0.25, -0.2) is 0 Å². The molecule has 3 heterocycles. The molecule has 2 saturated heterocycles. The number of rotatable bonds is 3. The first-order valence-electron chi connectivity index (χ1n) is 11.1. The second kappa shape index (κ2) is 7.15. The molecular formula is C23H29N3O3. The van der Waals surface area contributed by atoms with Gasteiger partial charge >= 0.3 is 0 Å². The number of aromatic amines is 1. The van der Waals surface area contributed by atoms with E-state index < -0.39 is 0 Å². The number of ketones is 1. The molecule has 0 bridgehead atoms. The van der Waals surface area contributed by atoms with Gasteiger partial charge in [-0.1, -0.05) is 11.6 Å². The minimum atomic E-state index is -0.0521. The Morgan fingerprint density at radius 1 is 1.14 bits per heavy atom. The smallest absolute Gasteiger partial charge is 0.270 e. The summed E-state index contributed by atoms with van der Waals surface area (Å²) in [5, 5.41) is 0. The molecule has 2 amide bonds. The Morgan fingerprint density at radius 3 is 2.76 bits per heavy atom. The van der Waals surface area contributed by atoms with E-state index in [1.807, 2.05) is 16.7 Å². The van der Waals surface area contributed by atoms with E-state index in [-0.39, 0.29) is 29.7 Å². The number of nitrogens with zero attached hydrogens (tertiary/aromatic N) is 2. The normalized spacial score (nSPS) is 26.6. The van der Waals surface area contributed by atoms with Gasteiger partial charge in [-0.2, -0.15) is 0 Å². The number of likely N-dealkylation sites (tertiary alicyclic amines) is 2. The van der Waals surface area contributed by atoms with Crippen LogP contribution >= 0.6 is 0 Å². The van der Waals surface area contributed by atoms with E-state index in [4.69, 9.17) is 0 Å². The maximum absolute atomic E-state index is 13.4. The zero-order valence-electron chi connectivity index (χ0n) is 17.1. The van der Waals surface area contributed by atoms with Crippen LogP contribution in [0, 0.1) is 6.92 Å². The summed E-state index contributed by atoms with van der Waals surface area (Å²) < 4.78 is 0. The van der Waals surface area contributed by atoms with Crippen LogP contribution in [0.15, 0.2) is 11.6 Å². The molecule has 29 heavy (non-hydrogen) atoms. The van der Waals surface area contributed by atoms with Crippen molar-refractivity contribution in [2.45, 2.75) is 76.8 Å². The predicted octanol–water partition coefficient (Wildman–Crippen LogP) is 3.16. The van der Waals surface area contributed by atoms with Gasteiger partial charge in [0.2, 0.25) is 5.91 Å². The highest BCUT2D eigenvalue weighted by atomic mass is 16.2. The Morgan fingerprint density at radius 2 is 2.00 bits per heavy atom. The molecule has 1 aromatic rings. The van der Waals surface area contributed by atoms with Gasteiger partial charge in [0.15, 0.2) is 5.78 Å². The number of aromatic nitrogens is 1. The predicted molar refractivity (Wildman–Crippen MR) is 109 cm³/mol. The van der Waals surface area contributed by atoms with Gasteiger partial charge in [-0.3, -0.25) is 14.4 Å². The lowest BCUT2D eigenvalue weighted by Gasteiger charge is -2.27. The van der Waals surface area contributed by atoms with Gasteiger partial charge in [0.25, 0.3) is 5.91 Å². The van der Waals surface area contributed by atoms with Crippen molar-refractivity contribution in [2.24, 2.45) is 0 Å². The van der Waals surface area contributed by atoms with Crippen molar-refractivity contribution in [3.05, 3.63) is 34.2 Å². The Hall–Kier alpha value is -2.37. The van der Waals surface area contributed by atoms with E-state index >= 15 is 0 Å². The number of aryl methyl sites for hydroxylation is 1. The maximum atomic E-state index is 13.4. The number of amides is 2.